The van der Waals surface area contributed by atoms with Crippen LogP contribution in [0.4, 0.5) is 5.95 Å². The van der Waals surface area contributed by atoms with E-state index >= 15 is 0 Å². The Bertz CT molecular complexity index is 1150. The number of imidazole rings is 1. The molecule has 4 aromatic rings. The molecule has 5 rings (SSSR count). The molecule has 1 aromatic carbocycles. The van der Waals surface area contributed by atoms with Crippen molar-refractivity contribution in [3.05, 3.63) is 53.9 Å². The molecule has 28 heavy (non-hydrogen) atoms. The smallest absolute Gasteiger partial charge is 0.224 e. The SMILES string of the molecule is O[C@H]1CC[C@H](Nc2ncc3cc(-c4ccccc4Cl)c4nccn4c3n2)CC1. The molecular formula is C21H20ClN5O. The topological polar surface area (TPSA) is 75.3 Å². The van der Waals surface area contributed by atoms with E-state index in [0.29, 0.717) is 17.0 Å². The maximum atomic E-state index is 9.69. The number of fused-ring (bicyclic) bond motifs is 3. The van der Waals surface area contributed by atoms with Crippen LogP contribution in [0.15, 0.2) is 48.9 Å². The minimum Gasteiger partial charge on any atom is -0.393 e. The first kappa shape index (κ1) is 17.4. The molecule has 3 aromatic heterocycles. The van der Waals surface area contributed by atoms with E-state index in [9.17, 15) is 5.11 Å². The lowest BCUT2D eigenvalue weighted by Gasteiger charge is -2.26. The third kappa shape index (κ3) is 3.08. The lowest BCUT2D eigenvalue weighted by Crippen LogP contribution is -2.28. The number of aliphatic hydroxyl groups is 1. The summed E-state index contributed by atoms with van der Waals surface area (Å²) in [6.07, 6.45) is 8.82. The molecule has 142 valence electrons. The summed E-state index contributed by atoms with van der Waals surface area (Å²) in [7, 11) is 0. The molecule has 0 amide bonds. The zero-order valence-electron chi connectivity index (χ0n) is 15.2. The van der Waals surface area contributed by atoms with Gasteiger partial charge in [0, 0.05) is 46.2 Å². The van der Waals surface area contributed by atoms with E-state index in [1.54, 1.807) is 6.20 Å². The second kappa shape index (κ2) is 7.04. The van der Waals surface area contributed by atoms with Crippen molar-refractivity contribution in [3.8, 4) is 11.1 Å². The summed E-state index contributed by atoms with van der Waals surface area (Å²) in [6.45, 7) is 0. The standard InChI is InChI=1S/C21H20ClN5O/c22-18-4-2-1-3-16(18)17-11-13-12-24-21(25-14-5-7-15(28)8-6-14)26-19(13)27-10-9-23-20(17)27/h1-4,9-12,14-15,28H,5-8H2,(H,24,25,26)/t14-,15-. The van der Waals surface area contributed by atoms with Gasteiger partial charge in [-0.15, -0.1) is 0 Å². The van der Waals surface area contributed by atoms with E-state index in [0.717, 1.165) is 53.5 Å². The third-order valence-electron chi connectivity index (χ3n) is 5.40. The molecule has 1 saturated carbocycles. The van der Waals surface area contributed by atoms with Gasteiger partial charge in [0.2, 0.25) is 5.95 Å². The number of hydrogen-bond donors (Lipinski definition) is 2. The molecule has 0 bridgehead atoms. The van der Waals surface area contributed by atoms with Gasteiger partial charge in [0.15, 0.2) is 5.65 Å². The number of nitrogens with zero attached hydrogens (tertiary/aromatic N) is 4. The normalized spacial score (nSPS) is 19.9. The fourth-order valence-electron chi connectivity index (χ4n) is 3.92. The molecule has 1 fully saturated rings. The number of aliphatic hydroxyl groups excluding tert-OH is 1. The summed E-state index contributed by atoms with van der Waals surface area (Å²) in [5.41, 5.74) is 3.50. The van der Waals surface area contributed by atoms with Gasteiger partial charge in [0.1, 0.15) is 5.65 Å². The molecule has 0 radical (unpaired) electrons. The maximum Gasteiger partial charge on any atom is 0.224 e. The van der Waals surface area contributed by atoms with Gasteiger partial charge < -0.3 is 10.4 Å². The number of anilines is 1. The van der Waals surface area contributed by atoms with Crippen molar-refractivity contribution in [1.82, 2.24) is 19.4 Å². The van der Waals surface area contributed by atoms with Crippen LogP contribution in [-0.2, 0) is 0 Å². The number of halogens is 1. The van der Waals surface area contributed by atoms with E-state index < -0.39 is 0 Å². The van der Waals surface area contributed by atoms with Crippen LogP contribution in [0.1, 0.15) is 25.7 Å². The average molecular weight is 394 g/mol. The van der Waals surface area contributed by atoms with Crippen molar-refractivity contribution in [3.63, 3.8) is 0 Å². The fourth-order valence-corrected chi connectivity index (χ4v) is 4.16. The van der Waals surface area contributed by atoms with Crippen molar-refractivity contribution in [2.45, 2.75) is 37.8 Å². The zero-order chi connectivity index (χ0) is 19.1. The maximum absolute atomic E-state index is 9.69. The number of rotatable bonds is 3. The minimum absolute atomic E-state index is 0.177. The summed E-state index contributed by atoms with van der Waals surface area (Å²) in [6, 6.07) is 10.1. The molecule has 0 atom stereocenters. The van der Waals surface area contributed by atoms with Crippen LogP contribution in [-0.4, -0.2) is 36.6 Å². The first-order chi connectivity index (χ1) is 13.7. The molecule has 0 unspecified atom stereocenters. The summed E-state index contributed by atoms with van der Waals surface area (Å²) < 4.78 is 1.98. The molecule has 7 heteroatoms. The number of nitrogens with one attached hydrogen (secondary N) is 1. The van der Waals surface area contributed by atoms with Crippen LogP contribution >= 0.6 is 11.6 Å². The molecule has 1 aliphatic rings. The second-order valence-electron chi connectivity index (χ2n) is 7.28. The van der Waals surface area contributed by atoms with Gasteiger partial charge in [-0.2, -0.15) is 4.98 Å². The van der Waals surface area contributed by atoms with E-state index in [1.165, 1.54) is 0 Å². The Morgan fingerprint density at radius 1 is 1.04 bits per heavy atom. The minimum atomic E-state index is -0.177. The van der Waals surface area contributed by atoms with Gasteiger partial charge in [-0.1, -0.05) is 29.8 Å². The number of aromatic nitrogens is 4. The highest BCUT2D eigenvalue weighted by atomic mass is 35.5. The van der Waals surface area contributed by atoms with E-state index in [2.05, 4.69) is 15.3 Å². The second-order valence-corrected chi connectivity index (χ2v) is 7.69. The monoisotopic (exact) mass is 393 g/mol. The van der Waals surface area contributed by atoms with Crippen molar-refractivity contribution < 1.29 is 5.11 Å². The summed E-state index contributed by atoms with van der Waals surface area (Å²) in [4.78, 5) is 13.8. The van der Waals surface area contributed by atoms with E-state index in [1.807, 2.05) is 47.1 Å². The highest BCUT2D eigenvalue weighted by Crippen LogP contribution is 2.33. The number of benzene rings is 1. The van der Waals surface area contributed by atoms with Crippen molar-refractivity contribution in [1.29, 1.82) is 0 Å². The van der Waals surface area contributed by atoms with Crippen LogP contribution in [0.2, 0.25) is 5.02 Å². The number of pyridine rings is 1. The lowest BCUT2D eigenvalue weighted by molar-refractivity contribution is 0.126. The average Bonchev–Trinajstić information content (AvgIpc) is 3.20. The largest absolute Gasteiger partial charge is 0.393 e. The summed E-state index contributed by atoms with van der Waals surface area (Å²) in [5.74, 6) is 0.606. The first-order valence-electron chi connectivity index (χ1n) is 9.51. The highest BCUT2D eigenvalue weighted by Gasteiger charge is 2.20. The summed E-state index contributed by atoms with van der Waals surface area (Å²) in [5, 5.41) is 14.7. The Balaban J connectivity index is 1.58. The Hall–Kier alpha value is -2.70. The van der Waals surface area contributed by atoms with Gasteiger partial charge in [-0.25, -0.2) is 9.97 Å². The van der Waals surface area contributed by atoms with Crippen LogP contribution in [0, 0.1) is 0 Å². The molecule has 0 spiro atoms. The predicted octanol–water partition coefficient (Wildman–Crippen LogP) is 4.31. The molecule has 6 nitrogen and oxygen atoms in total. The fraction of sp³-hybridized carbons (Fsp3) is 0.286. The zero-order valence-corrected chi connectivity index (χ0v) is 16.0. The molecule has 2 N–H and O–H groups in total. The van der Waals surface area contributed by atoms with Gasteiger partial charge >= 0.3 is 0 Å². The Labute approximate surface area is 167 Å². The van der Waals surface area contributed by atoms with Crippen LogP contribution in [0.3, 0.4) is 0 Å². The molecule has 0 aliphatic heterocycles. The molecule has 1 aliphatic carbocycles. The third-order valence-corrected chi connectivity index (χ3v) is 5.73. The van der Waals surface area contributed by atoms with E-state index in [4.69, 9.17) is 16.6 Å². The van der Waals surface area contributed by atoms with E-state index in [-0.39, 0.29) is 6.10 Å². The molecule has 3 heterocycles. The highest BCUT2D eigenvalue weighted by molar-refractivity contribution is 6.33. The molecular weight excluding hydrogens is 374 g/mol. The Morgan fingerprint density at radius 3 is 2.68 bits per heavy atom. The predicted molar refractivity (Wildman–Crippen MR) is 111 cm³/mol. The van der Waals surface area contributed by atoms with Gasteiger partial charge in [0.05, 0.1) is 6.10 Å². The number of hydrogen-bond acceptors (Lipinski definition) is 5. The Morgan fingerprint density at radius 2 is 1.86 bits per heavy atom. The van der Waals surface area contributed by atoms with Gasteiger partial charge in [-0.3, -0.25) is 4.40 Å². The van der Waals surface area contributed by atoms with Crippen LogP contribution in [0.25, 0.3) is 27.8 Å². The van der Waals surface area contributed by atoms with Crippen LogP contribution < -0.4 is 5.32 Å². The van der Waals surface area contributed by atoms with Gasteiger partial charge in [0.25, 0.3) is 0 Å². The van der Waals surface area contributed by atoms with Crippen molar-refractivity contribution >= 4 is 34.2 Å². The van der Waals surface area contributed by atoms with Crippen LogP contribution in [0.5, 0.6) is 0 Å². The van der Waals surface area contributed by atoms with Crippen molar-refractivity contribution in [2.75, 3.05) is 5.32 Å². The Kier molecular flexibility index (Phi) is 4.37. The van der Waals surface area contributed by atoms with Gasteiger partial charge in [-0.05, 0) is 37.8 Å². The van der Waals surface area contributed by atoms with Crippen molar-refractivity contribution in [2.24, 2.45) is 0 Å². The lowest BCUT2D eigenvalue weighted by atomic mass is 9.93. The first-order valence-corrected chi connectivity index (χ1v) is 9.89. The molecule has 0 saturated heterocycles. The quantitative estimate of drug-likeness (QED) is 0.542. The summed E-state index contributed by atoms with van der Waals surface area (Å²) >= 11 is 6.43.